The minimum atomic E-state index is 0.529. The van der Waals surface area contributed by atoms with Crippen LogP contribution in [0.4, 0.5) is 5.82 Å². The molecule has 0 aliphatic rings. The Kier molecular flexibility index (Phi) is 3.86. The third-order valence-electron chi connectivity index (χ3n) is 3.88. The number of fused-ring (bicyclic) bond motifs is 1. The number of rotatable bonds is 5. The van der Waals surface area contributed by atoms with Crippen molar-refractivity contribution >= 4 is 16.9 Å². The van der Waals surface area contributed by atoms with Gasteiger partial charge >= 0.3 is 0 Å². The average molecular weight is 280 g/mol. The highest BCUT2D eigenvalue weighted by atomic mass is 15.1. The minimum absolute atomic E-state index is 0.529. The lowest BCUT2D eigenvalue weighted by Gasteiger charge is -2.12. The molecule has 0 spiro atoms. The molecule has 0 saturated heterocycles. The number of aromatic nitrogens is 3. The van der Waals surface area contributed by atoms with Crippen molar-refractivity contribution in [2.24, 2.45) is 7.05 Å². The normalized spacial score (nSPS) is 12.5. The average Bonchev–Trinajstić information content (AvgIpc) is 2.91. The maximum absolute atomic E-state index is 4.41. The Labute approximate surface area is 124 Å². The van der Waals surface area contributed by atoms with Crippen LogP contribution in [-0.4, -0.2) is 21.1 Å². The molecule has 0 aliphatic carbocycles. The number of pyridine rings is 1. The number of nitrogens with zero attached hydrogens (tertiary/aromatic N) is 3. The first kappa shape index (κ1) is 13.6. The zero-order valence-corrected chi connectivity index (χ0v) is 12.5. The highest BCUT2D eigenvalue weighted by Crippen LogP contribution is 2.21. The number of benzene rings is 1. The van der Waals surface area contributed by atoms with Gasteiger partial charge in [-0.15, -0.1) is 0 Å². The summed E-state index contributed by atoms with van der Waals surface area (Å²) in [7, 11) is 2.00. The largest absolute Gasteiger partial charge is 0.368 e. The number of imidazole rings is 1. The Balaban J connectivity index is 1.65. The topological polar surface area (TPSA) is 42.7 Å². The monoisotopic (exact) mass is 280 g/mol. The molecular formula is C17H20N4. The summed E-state index contributed by atoms with van der Waals surface area (Å²) in [6.45, 7) is 3.14. The molecule has 0 radical (unpaired) electrons. The molecule has 0 aliphatic heterocycles. The van der Waals surface area contributed by atoms with Crippen LogP contribution >= 0.6 is 0 Å². The molecule has 0 bridgehead atoms. The Hall–Kier alpha value is -2.36. The van der Waals surface area contributed by atoms with Crippen molar-refractivity contribution in [1.82, 2.24) is 14.5 Å². The van der Waals surface area contributed by atoms with Crippen molar-refractivity contribution in [3.8, 4) is 0 Å². The first-order chi connectivity index (χ1) is 10.3. The van der Waals surface area contributed by atoms with Crippen LogP contribution < -0.4 is 5.32 Å². The number of hydrogen-bond donors (Lipinski definition) is 1. The molecule has 0 amide bonds. The lowest BCUT2D eigenvalue weighted by Crippen LogP contribution is -2.07. The summed E-state index contributed by atoms with van der Waals surface area (Å²) in [4.78, 5) is 8.81. The second kappa shape index (κ2) is 5.95. The summed E-state index contributed by atoms with van der Waals surface area (Å²) in [5.74, 6) is 1.40. The number of anilines is 1. The van der Waals surface area contributed by atoms with E-state index in [1.165, 1.54) is 5.56 Å². The van der Waals surface area contributed by atoms with Crippen LogP contribution in [0.1, 0.15) is 24.8 Å². The minimum Gasteiger partial charge on any atom is -0.368 e. The molecule has 1 N–H and O–H groups in total. The van der Waals surface area contributed by atoms with Crippen LogP contribution in [0.5, 0.6) is 0 Å². The Bertz CT molecular complexity index is 718. The maximum Gasteiger partial charge on any atom is 0.154 e. The van der Waals surface area contributed by atoms with Crippen LogP contribution in [0.2, 0.25) is 0 Å². The SMILES string of the molecule is CC(CCNc1nccc2c1ncn2C)c1ccccc1. The van der Waals surface area contributed by atoms with Crippen molar-refractivity contribution in [1.29, 1.82) is 0 Å². The zero-order valence-electron chi connectivity index (χ0n) is 12.5. The highest BCUT2D eigenvalue weighted by molar-refractivity contribution is 5.85. The Morgan fingerprint density at radius 2 is 1.95 bits per heavy atom. The van der Waals surface area contributed by atoms with Gasteiger partial charge in [-0.05, 0) is 24.0 Å². The molecule has 4 heteroatoms. The predicted octanol–water partition coefficient (Wildman–Crippen LogP) is 3.57. The fraction of sp³-hybridized carbons (Fsp3) is 0.294. The van der Waals surface area contributed by atoms with E-state index in [-0.39, 0.29) is 0 Å². The van der Waals surface area contributed by atoms with Crippen LogP contribution in [0, 0.1) is 0 Å². The second-order valence-electron chi connectivity index (χ2n) is 5.41. The van der Waals surface area contributed by atoms with Gasteiger partial charge in [-0.3, -0.25) is 0 Å². The standard InChI is InChI=1S/C17H20N4/c1-13(14-6-4-3-5-7-14)8-10-18-17-16-15(9-11-19-17)21(2)12-20-16/h3-7,9,11-13H,8,10H2,1-2H3,(H,18,19). The van der Waals surface area contributed by atoms with Gasteiger partial charge in [-0.25, -0.2) is 9.97 Å². The van der Waals surface area contributed by atoms with E-state index in [1.54, 1.807) is 0 Å². The summed E-state index contributed by atoms with van der Waals surface area (Å²) in [6, 6.07) is 12.6. The van der Waals surface area contributed by atoms with Crippen molar-refractivity contribution in [2.45, 2.75) is 19.3 Å². The molecule has 2 heterocycles. The maximum atomic E-state index is 4.41. The van der Waals surface area contributed by atoms with Crippen molar-refractivity contribution < 1.29 is 0 Å². The number of aryl methyl sites for hydroxylation is 1. The predicted molar refractivity (Wildman–Crippen MR) is 86.5 cm³/mol. The molecule has 3 aromatic rings. The van der Waals surface area contributed by atoms with Gasteiger partial charge in [-0.1, -0.05) is 37.3 Å². The smallest absolute Gasteiger partial charge is 0.154 e. The summed E-state index contributed by atoms with van der Waals surface area (Å²) in [6.07, 6.45) is 4.71. The van der Waals surface area contributed by atoms with E-state index >= 15 is 0 Å². The third kappa shape index (κ3) is 2.89. The summed E-state index contributed by atoms with van der Waals surface area (Å²) < 4.78 is 2.01. The molecule has 3 rings (SSSR count). The molecule has 21 heavy (non-hydrogen) atoms. The lowest BCUT2D eigenvalue weighted by molar-refractivity contribution is 0.705. The highest BCUT2D eigenvalue weighted by Gasteiger charge is 2.08. The van der Waals surface area contributed by atoms with Gasteiger partial charge in [0.15, 0.2) is 5.82 Å². The molecule has 1 unspecified atom stereocenters. The van der Waals surface area contributed by atoms with Gasteiger partial charge in [0.25, 0.3) is 0 Å². The second-order valence-corrected chi connectivity index (χ2v) is 5.41. The lowest BCUT2D eigenvalue weighted by atomic mass is 9.98. The molecule has 4 nitrogen and oxygen atoms in total. The van der Waals surface area contributed by atoms with E-state index in [9.17, 15) is 0 Å². The molecule has 2 aromatic heterocycles. The molecule has 108 valence electrons. The first-order valence-corrected chi connectivity index (χ1v) is 7.30. The Morgan fingerprint density at radius 3 is 2.76 bits per heavy atom. The number of hydrogen-bond acceptors (Lipinski definition) is 3. The van der Waals surface area contributed by atoms with Crippen LogP contribution in [0.25, 0.3) is 11.0 Å². The first-order valence-electron chi connectivity index (χ1n) is 7.30. The number of nitrogens with one attached hydrogen (secondary N) is 1. The van der Waals surface area contributed by atoms with E-state index in [4.69, 9.17) is 0 Å². The molecule has 0 fully saturated rings. The molecule has 1 atom stereocenters. The summed E-state index contributed by atoms with van der Waals surface area (Å²) >= 11 is 0. The Morgan fingerprint density at radius 1 is 1.14 bits per heavy atom. The van der Waals surface area contributed by atoms with Crippen molar-refractivity contribution in [2.75, 3.05) is 11.9 Å². The third-order valence-corrected chi connectivity index (χ3v) is 3.88. The van der Waals surface area contributed by atoms with Crippen LogP contribution in [0.15, 0.2) is 48.9 Å². The van der Waals surface area contributed by atoms with E-state index in [0.29, 0.717) is 5.92 Å². The van der Waals surface area contributed by atoms with Gasteiger partial charge < -0.3 is 9.88 Å². The van der Waals surface area contributed by atoms with Crippen LogP contribution in [0.3, 0.4) is 0 Å². The molecular weight excluding hydrogens is 260 g/mol. The summed E-state index contributed by atoms with van der Waals surface area (Å²) in [5, 5.41) is 3.41. The summed E-state index contributed by atoms with van der Waals surface area (Å²) in [5.41, 5.74) is 3.42. The molecule has 0 saturated carbocycles. The zero-order chi connectivity index (χ0) is 14.7. The van der Waals surface area contributed by atoms with E-state index < -0.39 is 0 Å². The van der Waals surface area contributed by atoms with Gasteiger partial charge in [0, 0.05) is 19.8 Å². The van der Waals surface area contributed by atoms with Gasteiger partial charge in [0.05, 0.1) is 11.8 Å². The quantitative estimate of drug-likeness (QED) is 0.777. The van der Waals surface area contributed by atoms with Gasteiger partial charge in [0.2, 0.25) is 0 Å². The van der Waals surface area contributed by atoms with E-state index in [0.717, 1.165) is 29.8 Å². The molecule has 1 aromatic carbocycles. The van der Waals surface area contributed by atoms with Gasteiger partial charge in [0.1, 0.15) is 5.52 Å². The van der Waals surface area contributed by atoms with Crippen molar-refractivity contribution in [3.63, 3.8) is 0 Å². The van der Waals surface area contributed by atoms with Crippen LogP contribution in [-0.2, 0) is 7.05 Å². The van der Waals surface area contributed by atoms with E-state index in [2.05, 4.69) is 52.5 Å². The van der Waals surface area contributed by atoms with E-state index in [1.807, 2.05) is 30.2 Å². The fourth-order valence-electron chi connectivity index (χ4n) is 2.55. The van der Waals surface area contributed by atoms with Crippen molar-refractivity contribution in [3.05, 3.63) is 54.5 Å². The van der Waals surface area contributed by atoms with Gasteiger partial charge in [-0.2, -0.15) is 0 Å². The fourth-order valence-corrected chi connectivity index (χ4v) is 2.55.